The van der Waals surface area contributed by atoms with E-state index in [2.05, 4.69) is 4.98 Å². The zero-order chi connectivity index (χ0) is 60.7. The number of nitrogens with zero attached hydrogens (tertiary/aromatic N) is 2. The van der Waals surface area contributed by atoms with Crippen molar-refractivity contribution in [3.05, 3.63) is 80.2 Å². The van der Waals surface area contributed by atoms with Gasteiger partial charge in [0.15, 0.2) is 5.78 Å². The minimum absolute atomic E-state index is 0.0193. The number of aliphatic hydroxyl groups excluding tert-OH is 4. The first-order chi connectivity index (χ1) is 38.8. The molecule has 82 heavy (non-hydrogen) atoms. The quantitative estimate of drug-likeness (QED) is 0.117. The van der Waals surface area contributed by atoms with E-state index in [1.165, 1.54) is 22.8 Å². The monoisotopic (exact) mass is 1160 g/mol. The van der Waals surface area contributed by atoms with E-state index >= 15 is 0 Å². The lowest BCUT2D eigenvalue weighted by atomic mass is 9.78. The summed E-state index contributed by atoms with van der Waals surface area (Å²) in [6, 6.07) is -1.14. The molecule has 4 fully saturated rings. The number of amides is 1. The maximum atomic E-state index is 14.4. The molecule has 21 nitrogen and oxygen atoms in total. The van der Waals surface area contributed by atoms with Gasteiger partial charge in [0.25, 0.3) is 17.2 Å². The summed E-state index contributed by atoms with van der Waals surface area (Å²) in [4.78, 5) is 96.7. The summed E-state index contributed by atoms with van der Waals surface area (Å²) in [5.74, 6) is -7.96. The minimum atomic E-state index is -2.43. The van der Waals surface area contributed by atoms with Crippen molar-refractivity contribution in [3.63, 3.8) is 0 Å². The number of ketones is 3. The van der Waals surface area contributed by atoms with E-state index in [9.17, 15) is 54.0 Å². The van der Waals surface area contributed by atoms with Crippen molar-refractivity contribution in [1.29, 1.82) is 0 Å². The largest absolute Gasteiger partial charge is 0.460 e. The van der Waals surface area contributed by atoms with Gasteiger partial charge in [-0.2, -0.15) is 0 Å². The average molecular weight is 1160 g/mol. The number of fused-ring (bicyclic) bond motifs is 3. The highest BCUT2D eigenvalue weighted by atomic mass is 16.6. The third-order valence-electron chi connectivity index (χ3n) is 17.3. The Morgan fingerprint density at radius 2 is 1.54 bits per heavy atom. The molecule has 6 N–H and O–H groups in total. The normalized spacial score (nSPS) is 36.9. The number of ether oxygens (including phenoxy) is 6. The Morgan fingerprint density at radius 3 is 2.20 bits per heavy atom. The van der Waals surface area contributed by atoms with Crippen molar-refractivity contribution in [1.82, 2.24) is 14.5 Å². The molecule has 21 heteroatoms. The molecule has 460 valence electrons. The summed E-state index contributed by atoms with van der Waals surface area (Å²) >= 11 is 0. The van der Waals surface area contributed by atoms with Crippen molar-refractivity contribution < 1.29 is 77.9 Å². The Morgan fingerprint density at radius 1 is 0.817 bits per heavy atom. The Labute approximate surface area is 482 Å². The molecule has 0 radical (unpaired) electrons. The average Bonchev–Trinajstić information content (AvgIpc) is 3.16. The summed E-state index contributed by atoms with van der Waals surface area (Å²) in [7, 11) is 4.52. The number of carbonyl (C=O) groups excluding carboxylic acids is 5. The van der Waals surface area contributed by atoms with Gasteiger partial charge < -0.3 is 58.9 Å². The number of piperidine rings is 1. The van der Waals surface area contributed by atoms with Gasteiger partial charge in [0, 0.05) is 76.7 Å². The van der Waals surface area contributed by atoms with E-state index in [1.807, 2.05) is 58.1 Å². The van der Waals surface area contributed by atoms with Crippen molar-refractivity contribution in [2.24, 2.45) is 35.5 Å². The lowest BCUT2D eigenvalue weighted by molar-refractivity contribution is -0.265. The fraction of sp³-hybridized carbons (Fsp3) is 0.721. The van der Waals surface area contributed by atoms with E-state index in [4.69, 9.17) is 33.5 Å². The SMILES string of the molecule is CO[C@H]1C[C@@H]2CC[C@@H](C)[C@@](O)(O2)C(=O)C(=O)N2CCCC[C@H]2C(=O)O[C@H]([C@H](C)C[C@@H]2CC[C@@H](O)[C@H](OC)C2)CC(=O)[C@H](C)/C=C(\C)[C@@H](O)[C@@H](OC)C(=O)[C@H](C)C[C@H](C)/C=C/C=CC=C1C.Cc1cn([C@H]2C[C@H](O)[C@@H](CO)O2)c(=O)[nH]c1=O. The third kappa shape index (κ3) is 17.6. The molecule has 5 heterocycles. The van der Waals surface area contributed by atoms with Gasteiger partial charge in [-0.25, -0.2) is 9.59 Å². The van der Waals surface area contributed by atoms with Crippen LogP contribution >= 0.6 is 0 Å². The van der Waals surface area contributed by atoms with Gasteiger partial charge in [-0.05, 0) is 114 Å². The number of rotatable bonds is 8. The molecule has 0 spiro atoms. The Hall–Kier alpha value is -4.81. The molecule has 0 aromatic carbocycles. The minimum Gasteiger partial charge on any atom is -0.460 e. The number of methoxy groups -OCH3 is 3. The van der Waals surface area contributed by atoms with Crippen LogP contribution in [0.5, 0.6) is 0 Å². The van der Waals surface area contributed by atoms with Crippen LogP contribution in [-0.4, -0.2) is 170 Å². The first-order valence-corrected chi connectivity index (χ1v) is 29.2. The van der Waals surface area contributed by atoms with E-state index in [0.29, 0.717) is 68.9 Å². The number of aryl methyl sites for hydroxylation is 1. The van der Waals surface area contributed by atoms with Crippen molar-refractivity contribution >= 4 is 29.2 Å². The molecule has 1 aliphatic carbocycles. The van der Waals surface area contributed by atoms with Crippen LogP contribution in [-0.2, 0) is 52.4 Å². The Kier molecular flexibility index (Phi) is 26.0. The number of esters is 1. The molecular weight excluding hydrogens is 1060 g/mol. The van der Waals surface area contributed by atoms with Crippen LogP contribution in [0.2, 0.25) is 0 Å². The molecule has 2 bridgehead atoms. The molecule has 1 amide bonds. The topological polar surface area (TPSA) is 300 Å². The van der Waals surface area contributed by atoms with Crippen molar-refractivity contribution in [2.75, 3.05) is 34.5 Å². The predicted octanol–water partition coefficient (Wildman–Crippen LogP) is 4.67. The van der Waals surface area contributed by atoms with Gasteiger partial charge in [0.1, 0.15) is 42.5 Å². The number of carbonyl (C=O) groups is 5. The number of allylic oxidation sites excluding steroid dienone is 6. The molecule has 5 aliphatic rings. The number of hydrogen-bond donors (Lipinski definition) is 6. The van der Waals surface area contributed by atoms with Crippen LogP contribution in [0.1, 0.15) is 144 Å². The molecule has 0 unspecified atom stereocenters. The maximum absolute atomic E-state index is 14.4. The zero-order valence-corrected chi connectivity index (χ0v) is 49.9. The zero-order valence-electron chi connectivity index (χ0n) is 49.9. The molecule has 3 saturated heterocycles. The molecule has 18 atom stereocenters. The number of aliphatic hydroxyl groups is 5. The molecule has 1 saturated carbocycles. The second-order valence-corrected chi connectivity index (χ2v) is 23.7. The van der Waals surface area contributed by atoms with Gasteiger partial charge in [-0.15, -0.1) is 0 Å². The number of aromatic nitrogens is 2. The number of cyclic esters (lactones) is 1. The van der Waals surface area contributed by atoms with Crippen LogP contribution in [0.25, 0.3) is 0 Å². The van der Waals surface area contributed by atoms with Crippen LogP contribution in [0.15, 0.2) is 63.4 Å². The van der Waals surface area contributed by atoms with Crippen molar-refractivity contribution in [3.8, 4) is 0 Å². The molecule has 1 aromatic heterocycles. The highest BCUT2D eigenvalue weighted by molar-refractivity contribution is 6.39. The highest BCUT2D eigenvalue weighted by Gasteiger charge is 2.53. The van der Waals surface area contributed by atoms with Gasteiger partial charge in [0.2, 0.25) is 5.79 Å². The second-order valence-electron chi connectivity index (χ2n) is 23.7. The lowest BCUT2D eigenvalue weighted by Crippen LogP contribution is -2.61. The van der Waals surface area contributed by atoms with Crippen LogP contribution in [0, 0.1) is 42.4 Å². The van der Waals surface area contributed by atoms with Crippen molar-refractivity contribution in [2.45, 2.75) is 212 Å². The first-order valence-electron chi connectivity index (χ1n) is 29.2. The second kappa shape index (κ2) is 31.4. The summed E-state index contributed by atoms with van der Waals surface area (Å²) in [6.45, 7) is 14.0. The summed E-state index contributed by atoms with van der Waals surface area (Å²) < 4.78 is 35.9. The van der Waals surface area contributed by atoms with Gasteiger partial charge >= 0.3 is 11.7 Å². The van der Waals surface area contributed by atoms with E-state index in [1.54, 1.807) is 48.0 Å². The third-order valence-corrected chi connectivity index (χ3v) is 17.3. The molecule has 1 aromatic rings. The summed E-state index contributed by atoms with van der Waals surface area (Å²) in [5.41, 5.74) is 0.623. The smallest absolute Gasteiger partial charge is 0.330 e. The van der Waals surface area contributed by atoms with Crippen LogP contribution < -0.4 is 11.2 Å². The van der Waals surface area contributed by atoms with Crippen LogP contribution in [0.4, 0.5) is 0 Å². The van der Waals surface area contributed by atoms with Gasteiger partial charge in [-0.1, -0.05) is 71.1 Å². The van der Waals surface area contributed by atoms with Crippen LogP contribution in [0.3, 0.4) is 0 Å². The lowest BCUT2D eigenvalue weighted by Gasteiger charge is -2.42. The maximum Gasteiger partial charge on any atom is 0.330 e. The summed E-state index contributed by atoms with van der Waals surface area (Å²) in [6.07, 6.45) is 10.6. The number of hydrogen-bond acceptors (Lipinski definition) is 18. The highest BCUT2D eigenvalue weighted by Crippen LogP contribution is 2.38. The van der Waals surface area contributed by atoms with Gasteiger partial charge in [0.05, 0.1) is 37.1 Å². The standard InChI is InChI=1S/C51H79NO13.C10H14N2O5/c1-30-16-12-11-13-17-31(2)42(61-8)28-38-21-19-36(7)51(60,65-38)48(57)49(58)52-23-15-14-18-39(52)50(59)64-43(33(4)26-37-20-22-40(53)44(27-37)62-9)29-41(54)32(3)25-35(6)46(56)47(63-10)45(55)34(5)24-30;1-5-3-12(10(16)11-9(5)15)8-2-6(14)7(4-13)17-8/h11-13,16-17,25,30,32-34,36-40,42-44,46-47,53,56,60H,14-15,18-24,26-29H2,1-10H3;3,6-8,13-14H,2,4H2,1H3,(H,11,15,16)/b13-11?,16-12+,31-17?,35-25+;/t30-,32-,33-,34-,36-,37+,38+,39+,40-,42+,43+,44-,46-,47+,51-;6-,7+,8+/m10/s1. The number of Topliss-reactive ketones (excluding diaryl/α,β-unsaturated/α-hetero) is 3. The number of aromatic amines is 1. The molecule has 4 aliphatic heterocycles. The number of H-pyrrole nitrogens is 1. The fourth-order valence-electron chi connectivity index (χ4n) is 12.0. The van der Waals surface area contributed by atoms with Gasteiger partial charge in [-0.3, -0.25) is 33.5 Å². The van der Waals surface area contributed by atoms with E-state index < -0.39 is 114 Å². The predicted molar refractivity (Wildman–Crippen MR) is 303 cm³/mol. The number of nitrogens with one attached hydrogen (secondary N) is 1. The molecular formula is C61H93N3O18. The molecule has 6 rings (SSSR count). The van der Waals surface area contributed by atoms with E-state index in [0.717, 1.165) is 12.0 Å². The Bertz CT molecular complexity index is 2570. The Balaban J connectivity index is 0.000000613. The van der Waals surface area contributed by atoms with E-state index in [-0.39, 0.29) is 67.8 Å². The summed E-state index contributed by atoms with van der Waals surface area (Å²) in [5, 5.41) is 52.3. The fourth-order valence-corrected chi connectivity index (χ4v) is 12.0. The first kappa shape index (κ1) is 68.0.